The van der Waals surface area contributed by atoms with Gasteiger partial charge in [0.1, 0.15) is 11.4 Å². The van der Waals surface area contributed by atoms with E-state index < -0.39 is 5.91 Å². The Balaban J connectivity index is 1.62. The second-order valence-corrected chi connectivity index (χ2v) is 6.00. The van der Waals surface area contributed by atoms with Gasteiger partial charge in [0, 0.05) is 13.0 Å². The Morgan fingerprint density at radius 3 is 2.50 bits per heavy atom. The molecule has 0 unspecified atom stereocenters. The first-order valence-electron chi connectivity index (χ1n) is 7.04. The molecular formula is C15H11N5O3S. The highest BCUT2D eigenvalue weighted by Gasteiger charge is 2.34. The van der Waals surface area contributed by atoms with Crippen molar-refractivity contribution >= 4 is 34.2 Å². The molecule has 0 bridgehead atoms. The van der Waals surface area contributed by atoms with Gasteiger partial charge in [0.05, 0.1) is 17.2 Å². The van der Waals surface area contributed by atoms with Crippen molar-refractivity contribution in [2.45, 2.75) is 12.8 Å². The number of carbonyl (C=O) groups excluding carboxylic acids is 3. The number of fused-ring (bicyclic) bond motifs is 1. The summed E-state index contributed by atoms with van der Waals surface area (Å²) in [6.45, 7) is 0.188. The Hall–Kier alpha value is -3.12. The molecule has 8 nitrogen and oxygen atoms in total. The van der Waals surface area contributed by atoms with E-state index in [9.17, 15) is 14.4 Å². The number of hydrogen-bond acceptors (Lipinski definition) is 7. The molecule has 1 aliphatic rings. The molecule has 9 heteroatoms. The molecular weight excluding hydrogens is 330 g/mol. The van der Waals surface area contributed by atoms with Gasteiger partial charge in [-0.1, -0.05) is 23.5 Å². The highest BCUT2D eigenvalue weighted by atomic mass is 32.1. The average molecular weight is 341 g/mol. The zero-order valence-electron chi connectivity index (χ0n) is 12.4. The SMILES string of the molecule is N#CCC(=O)Nc1nnc(CCN2C(=O)c3ccccc3C2=O)s1. The number of rotatable bonds is 5. The summed E-state index contributed by atoms with van der Waals surface area (Å²) < 4.78 is 0. The molecule has 1 aliphatic heterocycles. The van der Waals surface area contributed by atoms with Crippen molar-refractivity contribution < 1.29 is 14.4 Å². The van der Waals surface area contributed by atoms with Crippen LogP contribution in [0.5, 0.6) is 0 Å². The second-order valence-electron chi connectivity index (χ2n) is 4.94. The van der Waals surface area contributed by atoms with E-state index in [0.717, 1.165) is 11.3 Å². The monoisotopic (exact) mass is 341 g/mol. The summed E-state index contributed by atoms with van der Waals surface area (Å²) >= 11 is 1.14. The smallest absolute Gasteiger partial charge is 0.261 e. The molecule has 3 rings (SSSR count). The van der Waals surface area contributed by atoms with E-state index in [2.05, 4.69) is 15.5 Å². The van der Waals surface area contributed by atoms with Crippen LogP contribution in [0.1, 0.15) is 32.1 Å². The number of anilines is 1. The number of benzene rings is 1. The van der Waals surface area contributed by atoms with Crippen molar-refractivity contribution in [1.29, 1.82) is 5.26 Å². The summed E-state index contributed by atoms with van der Waals surface area (Å²) in [6.07, 6.45) is 0.0845. The van der Waals surface area contributed by atoms with Crippen LogP contribution in [0.25, 0.3) is 0 Å². The summed E-state index contributed by atoms with van der Waals surface area (Å²) in [5.74, 6) is -1.09. The number of amides is 3. The number of imide groups is 1. The van der Waals surface area contributed by atoms with Crippen LogP contribution in [-0.2, 0) is 11.2 Å². The Kier molecular flexibility index (Phi) is 4.31. The lowest BCUT2D eigenvalue weighted by atomic mass is 10.1. The predicted molar refractivity (Wildman–Crippen MR) is 84.3 cm³/mol. The molecule has 1 aromatic heterocycles. The van der Waals surface area contributed by atoms with E-state index in [1.807, 2.05) is 0 Å². The number of nitrogens with zero attached hydrogens (tertiary/aromatic N) is 4. The molecule has 0 saturated carbocycles. The first kappa shape index (κ1) is 15.8. The van der Waals surface area contributed by atoms with Gasteiger partial charge >= 0.3 is 0 Å². The fourth-order valence-corrected chi connectivity index (χ4v) is 3.03. The molecule has 0 fully saturated rings. The highest BCUT2D eigenvalue weighted by molar-refractivity contribution is 7.15. The van der Waals surface area contributed by atoms with Crippen LogP contribution >= 0.6 is 11.3 Å². The molecule has 0 radical (unpaired) electrons. The van der Waals surface area contributed by atoms with Crippen LogP contribution in [0.3, 0.4) is 0 Å². The minimum absolute atomic E-state index is 0.188. The molecule has 0 atom stereocenters. The Morgan fingerprint density at radius 2 is 1.88 bits per heavy atom. The maximum Gasteiger partial charge on any atom is 0.261 e. The van der Waals surface area contributed by atoms with Gasteiger partial charge in [0.25, 0.3) is 11.8 Å². The van der Waals surface area contributed by atoms with Crippen LogP contribution < -0.4 is 5.32 Å². The van der Waals surface area contributed by atoms with Crippen molar-refractivity contribution in [2.75, 3.05) is 11.9 Å². The molecule has 1 N–H and O–H groups in total. The summed E-state index contributed by atoms with van der Waals surface area (Å²) in [5, 5.41) is 19.5. The normalized spacial score (nSPS) is 12.9. The maximum absolute atomic E-state index is 12.2. The van der Waals surface area contributed by atoms with Gasteiger partial charge in [-0.05, 0) is 12.1 Å². The molecule has 0 aliphatic carbocycles. The number of carbonyl (C=O) groups is 3. The number of aromatic nitrogens is 2. The molecule has 3 amide bonds. The van der Waals surface area contributed by atoms with Crippen LogP contribution in [0, 0.1) is 11.3 Å². The lowest BCUT2D eigenvalue weighted by Gasteiger charge is -2.11. The van der Waals surface area contributed by atoms with Crippen LogP contribution in [0.15, 0.2) is 24.3 Å². The standard InChI is InChI=1S/C15H11N5O3S/c16-7-5-11(21)17-15-19-18-12(24-15)6-8-20-13(22)9-3-1-2-4-10(9)14(20)23/h1-4H,5-6,8H2,(H,17,19,21). The van der Waals surface area contributed by atoms with Crippen molar-refractivity contribution in [1.82, 2.24) is 15.1 Å². The van der Waals surface area contributed by atoms with Gasteiger partial charge < -0.3 is 0 Å². The topological polar surface area (TPSA) is 116 Å². The number of nitriles is 1. The van der Waals surface area contributed by atoms with E-state index >= 15 is 0 Å². The molecule has 2 heterocycles. The quantitative estimate of drug-likeness (QED) is 0.818. The first-order valence-corrected chi connectivity index (χ1v) is 7.86. The average Bonchev–Trinajstić information content (AvgIpc) is 3.10. The Morgan fingerprint density at radius 1 is 1.21 bits per heavy atom. The molecule has 0 spiro atoms. The summed E-state index contributed by atoms with van der Waals surface area (Å²) in [6, 6.07) is 8.43. The third kappa shape index (κ3) is 3.00. The fraction of sp³-hybridized carbons (Fsp3) is 0.200. The number of nitrogens with one attached hydrogen (secondary N) is 1. The van der Waals surface area contributed by atoms with Gasteiger partial charge in [-0.3, -0.25) is 24.6 Å². The van der Waals surface area contributed by atoms with Crippen molar-refractivity contribution in [3.05, 3.63) is 40.4 Å². The van der Waals surface area contributed by atoms with E-state index in [1.165, 1.54) is 4.90 Å². The summed E-state index contributed by atoms with van der Waals surface area (Å²) in [7, 11) is 0. The molecule has 120 valence electrons. The molecule has 2 aromatic rings. The molecule has 0 saturated heterocycles. The maximum atomic E-state index is 12.2. The highest BCUT2D eigenvalue weighted by Crippen LogP contribution is 2.23. The van der Waals surface area contributed by atoms with Gasteiger partial charge in [-0.2, -0.15) is 5.26 Å². The summed E-state index contributed by atoms with van der Waals surface area (Å²) in [4.78, 5) is 37.0. The zero-order chi connectivity index (χ0) is 17.1. The van der Waals surface area contributed by atoms with Crippen molar-refractivity contribution in [3.8, 4) is 6.07 Å². The first-order chi connectivity index (χ1) is 11.6. The van der Waals surface area contributed by atoms with Crippen molar-refractivity contribution in [3.63, 3.8) is 0 Å². The zero-order valence-corrected chi connectivity index (χ0v) is 13.2. The largest absolute Gasteiger partial charge is 0.300 e. The van der Waals surface area contributed by atoms with Crippen LogP contribution in [0.4, 0.5) is 5.13 Å². The van der Waals surface area contributed by atoms with Crippen LogP contribution in [-0.4, -0.2) is 39.4 Å². The third-order valence-corrected chi connectivity index (χ3v) is 4.28. The van der Waals surface area contributed by atoms with Crippen molar-refractivity contribution in [2.24, 2.45) is 0 Å². The number of hydrogen-bond donors (Lipinski definition) is 1. The molecule has 24 heavy (non-hydrogen) atoms. The minimum atomic E-state index is -0.458. The lowest BCUT2D eigenvalue weighted by Crippen LogP contribution is -2.31. The Bertz CT molecular complexity index is 835. The van der Waals surface area contributed by atoms with E-state index in [1.54, 1.807) is 30.3 Å². The van der Waals surface area contributed by atoms with Gasteiger partial charge in [-0.25, -0.2) is 0 Å². The van der Waals surface area contributed by atoms with Gasteiger partial charge in [0.15, 0.2) is 0 Å². The lowest BCUT2D eigenvalue weighted by molar-refractivity contribution is -0.115. The second kappa shape index (κ2) is 6.55. The van der Waals surface area contributed by atoms with E-state index in [4.69, 9.17) is 5.26 Å². The van der Waals surface area contributed by atoms with Gasteiger partial charge in [0.2, 0.25) is 11.0 Å². The van der Waals surface area contributed by atoms with E-state index in [-0.39, 0.29) is 29.9 Å². The van der Waals surface area contributed by atoms with Crippen LogP contribution in [0.2, 0.25) is 0 Å². The molecule has 1 aromatic carbocycles. The van der Waals surface area contributed by atoms with Gasteiger partial charge in [-0.15, -0.1) is 10.2 Å². The Labute approximate surface area is 140 Å². The van der Waals surface area contributed by atoms with E-state index in [0.29, 0.717) is 22.6 Å². The summed E-state index contributed by atoms with van der Waals surface area (Å²) in [5.41, 5.74) is 0.813. The minimum Gasteiger partial charge on any atom is -0.300 e. The fourth-order valence-electron chi connectivity index (χ4n) is 2.29. The third-order valence-electron chi connectivity index (χ3n) is 3.38. The predicted octanol–water partition coefficient (Wildman–Crippen LogP) is 1.23.